The first-order valence-corrected chi connectivity index (χ1v) is 10.1. The third-order valence-corrected chi connectivity index (χ3v) is 6.10. The Morgan fingerprint density at radius 1 is 1.45 bits per heavy atom. The second kappa shape index (κ2) is 7.71. The first kappa shape index (κ1) is 19.8. The minimum absolute atomic E-state index is 0.167. The van der Waals surface area contributed by atoms with Gasteiger partial charge in [0.25, 0.3) is 17.7 Å². The van der Waals surface area contributed by atoms with Crippen LogP contribution in [0, 0.1) is 5.92 Å². The smallest absolute Gasteiger partial charge is 0.266 e. The average Bonchev–Trinajstić information content (AvgIpc) is 3.21. The molecule has 29 heavy (non-hydrogen) atoms. The van der Waals surface area contributed by atoms with E-state index in [-0.39, 0.29) is 24.2 Å². The van der Waals surface area contributed by atoms with Gasteiger partial charge in [0.05, 0.1) is 18.7 Å². The molecule has 2 aliphatic rings. The molecule has 8 nitrogen and oxygen atoms in total. The molecule has 1 unspecified atom stereocenters. The number of amides is 1. The van der Waals surface area contributed by atoms with Gasteiger partial charge in [-0.1, -0.05) is 13.0 Å². The van der Waals surface area contributed by atoms with Crippen LogP contribution in [-0.4, -0.2) is 45.3 Å². The maximum atomic E-state index is 13.3. The molecule has 1 aromatic carbocycles. The van der Waals surface area contributed by atoms with Gasteiger partial charge in [0.15, 0.2) is 5.82 Å². The lowest BCUT2D eigenvalue weighted by atomic mass is 9.99. The second-order valence-electron chi connectivity index (χ2n) is 7.03. The molecule has 1 fully saturated rings. The van der Waals surface area contributed by atoms with Gasteiger partial charge in [0, 0.05) is 12.1 Å². The van der Waals surface area contributed by atoms with E-state index in [9.17, 15) is 17.8 Å². The summed E-state index contributed by atoms with van der Waals surface area (Å²) >= 11 is -2.02. The fraction of sp³-hybridized carbons (Fsp3) is 0.444. The SMILES string of the molecule is C[C@H](Cc1ccc2c(c1)OCCn1cc(N3[C@H](C(F)F)COS3=O)nc1-2)C(N)=O. The average molecular weight is 426 g/mol. The Morgan fingerprint density at radius 2 is 2.24 bits per heavy atom. The number of hydrogen-bond acceptors (Lipinski definition) is 5. The minimum atomic E-state index is -2.71. The molecule has 1 saturated heterocycles. The highest BCUT2D eigenvalue weighted by atomic mass is 32.2. The van der Waals surface area contributed by atoms with E-state index in [4.69, 9.17) is 14.7 Å². The van der Waals surface area contributed by atoms with E-state index in [0.29, 0.717) is 36.7 Å². The van der Waals surface area contributed by atoms with Crippen LogP contribution >= 0.6 is 0 Å². The number of carbonyl (C=O) groups is 1. The fourth-order valence-corrected chi connectivity index (χ4v) is 4.37. The van der Waals surface area contributed by atoms with Crippen LogP contribution in [-0.2, 0) is 33.2 Å². The van der Waals surface area contributed by atoms with Gasteiger partial charge in [0.1, 0.15) is 24.2 Å². The lowest BCUT2D eigenvalue weighted by molar-refractivity contribution is -0.121. The number of anilines is 1. The fourth-order valence-electron chi connectivity index (χ4n) is 3.38. The zero-order valence-electron chi connectivity index (χ0n) is 15.6. The highest BCUT2D eigenvalue weighted by molar-refractivity contribution is 7.82. The number of benzene rings is 1. The number of primary amides is 1. The monoisotopic (exact) mass is 426 g/mol. The van der Waals surface area contributed by atoms with Crippen molar-refractivity contribution in [3.63, 3.8) is 0 Å². The molecular weight excluding hydrogens is 406 g/mol. The molecular formula is C18H20F2N4O4S. The largest absolute Gasteiger partial charge is 0.491 e. The van der Waals surface area contributed by atoms with Crippen molar-refractivity contribution in [3.8, 4) is 17.1 Å². The van der Waals surface area contributed by atoms with E-state index in [1.807, 2.05) is 18.2 Å². The number of imidazole rings is 1. The molecule has 1 aromatic heterocycles. The van der Waals surface area contributed by atoms with Gasteiger partial charge in [-0.05, 0) is 24.1 Å². The van der Waals surface area contributed by atoms with E-state index in [2.05, 4.69) is 4.98 Å². The summed E-state index contributed by atoms with van der Waals surface area (Å²) in [4.78, 5) is 15.8. The number of alkyl halides is 2. The molecule has 11 heteroatoms. The van der Waals surface area contributed by atoms with E-state index in [1.165, 1.54) is 0 Å². The van der Waals surface area contributed by atoms with Crippen LogP contribution in [0.4, 0.5) is 14.6 Å². The Balaban J connectivity index is 1.68. The van der Waals surface area contributed by atoms with Gasteiger partial charge >= 0.3 is 0 Å². The van der Waals surface area contributed by atoms with Gasteiger partial charge < -0.3 is 15.0 Å². The molecule has 0 radical (unpaired) electrons. The lowest BCUT2D eigenvalue weighted by Gasteiger charge is -2.18. The summed E-state index contributed by atoms with van der Waals surface area (Å²) in [6.07, 6.45) is -0.654. The van der Waals surface area contributed by atoms with E-state index in [0.717, 1.165) is 9.87 Å². The Kier molecular flexibility index (Phi) is 5.26. The van der Waals surface area contributed by atoms with Crippen molar-refractivity contribution in [1.82, 2.24) is 9.55 Å². The number of halogens is 2. The lowest BCUT2D eigenvalue weighted by Crippen LogP contribution is -2.37. The number of hydrogen-bond donors (Lipinski definition) is 1. The van der Waals surface area contributed by atoms with Crippen molar-refractivity contribution in [2.24, 2.45) is 11.7 Å². The van der Waals surface area contributed by atoms with Gasteiger partial charge in [-0.25, -0.2) is 22.3 Å². The van der Waals surface area contributed by atoms with Gasteiger partial charge in [-0.3, -0.25) is 8.98 Å². The number of fused-ring (bicyclic) bond motifs is 3. The molecule has 4 rings (SSSR count). The normalized spacial score (nSPS) is 22.0. The van der Waals surface area contributed by atoms with Crippen LogP contribution in [0.1, 0.15) is 12.5 Å². The molecule has 2 aliphatic heterocycles. The number of carbonyl (C=O) groups excluding carboxylic acids is 1. The molecule has 0 spiro atoms. The van der Waals surface area contributed by atoms with E-state index in [1.54, 1.807) is 17.7 Å². The molecule has 0 saturated carbocycles. The first-order valence-electron chi connectivity index (χ1n) is 9.10. The van der Waals surface area contributed by atoms with Gasteiger partial charge in [-0.15, -0.1) is 0 Å². The van der Waals surface area contributed by atoms with Crippen LogP contribution in [0.5, 0.6) is 5.75 Å². The summed E-state index contributed by atoms with van der Waals surface area (Å²) in [5.74, 6) is 0.581. The Morgan fingerprint density at radius 3 is 2.97 bits per heavy atom. The van der Waals surface area contributed by atoms with Crippen molar-refractivity contribution in [3.05, 3.63) is 30.0 Å². The highest BCUT2D eigenvalue weighted by Gasteiger charge is 2.41. The molecule has 0 aliphatic carbocycles. The van der Waals surface area contributed by atoms with Crippen LogP contribution < -0.4 is 14.8 Å². The molecule has 3 atom stereocenters. The number of rotatable bonds is 5. The summed E-state index contributed by atoms with van der Waals surface area (Å²) in [6, 6.07) is 4.18. The summed E-state index contributed by atoms with van der Waals surface area (Å²) in [5.41, 5.74) is 6.91. The summed E-state index contributed by atoms with van der Waals surface area (Å²) < 4.78 is 52.2. The van der Waals surface area contributed by atoms with Gasteiger partial charge in [-0.2, -0.15) is 0 Å². The molecule has 2 N–H and O–H groups in total. The summed E-state index contributed by atoms with van der Waals surface area (Å²) in [7, 11) is 0. The Labute approximate surface area is 168 Å². The van der Waals surface area contributed by atoms with Crippen LogP contribution in [0.15, 0.2) is 24.4 Å². The van der Waals surface area contributed by atoms with Gasteiger partial charge in [0.2, 0.25) is 5.91 Å². The number of nitrogens with two attached hydrogens (primary N) is 1. The van der Waals surface area contributed by atoms with Crippen LogP contribution in [0.2, 0.25) is 0 Å². The molecule has 1 amide bonds. The molecule has 156 valence electrons. The first-order chi connectivity index (χ1) is 13.8. The third kappa shape index (κ3) is 3.71. The molecule has 3 heterocycles. The zero-order chi connectivity index (χ0) is 20.7. The number of ether oxygens (including phenoxy) is 1. The maximum Gasteiger partial charge on any atom is 0.266 e. The topological polar surface area (TPSA) is 99.7 Å². The van der Waals surface area contributed by atoms with Crippen molar-refractivity contribution in [2.45, 2.75) is 32.4 Å². The predicted molar refractivity (Wildman–Crippen MR) is 102 cm³/mol. The van der Waals surface area contributed by atoms with Crippen molar-refractivity contribution < 1.29 is 26.7 Å². The number of nitrogens with zero attached hydrogens (tertiary/aromatic N) is 3. The van der Waals surface area contributed by atoms with Crippen LogP contribution in [0.25, 0.3) is 11.4 Å². The minimum Gasteiger partial charge on any atom is -0.491 e. The van der Waals surface area contributed by atoms with Crippen LogP contribution in [0.3, 0.4) is 0 Å². The second-order valence-corrected chi connectivity index (χ2v) is 8.10. The van der Waals surface area contributed by atoms with E-state index >= 15 is 0 Å². The van der Waals surface area contributed by atoms with Crippen molar-refractivity contribution in [1.29, 1.82) is 0 Å². The molecule has 2 aromatic rings. The number of aromatic nitrogens is 2. The quantitative estimate of drug-likeness (QED) is 0.784. The summed E-state index contributed by atoms with van der Waals surface area (Å²) in [6.45, 7) is 2.23. The zero-order valence-corrected chi connectivity index (χ0v) is 16.4. The predicted octanol–water partition coefficient (Wildman–Crippen LogP) is 1.66. The summed E-state index contributed by atoms with van der Waals surface area (Å²) in [5, 5.41) is 0. The van der Waals surface area contributed by atoms with Crippen molar-refractivity contribution >= 4 is 23.0 Å². The van der Waals surface area contributed by atoms with Crippen molar-refractivity contribution in [2.75, 3.05) is 17.5 Å². The highest BCUT2D eigenvalue weighted by Crippen LogP contribution is 2.36. The Hall–Kier alpha value is -2.53. The third-order valence-electron chi connectivity index (χ3n) is 4.99. The molecule has 0 bridgehead atoms. The van der Waals surface area contributed by atoms with E-state index < -0.39 is 23.7 Å². The Bertz CT molecular complexity index is 967. The maximum absolute atomic E-state index is 13.3. The standard InChI is InChI=1S/C18H20F2N4O4S/c1-10(17(21)25)6-11-2-3-12-14(7-11)27-5-4-23-8-15(22-18(12)23)24-13(16(19)20)9-28-29(24)26/h2-3,7-8,10,13,16H,4-6,9H2,1H3,(H2,21,25)/t10-,13+,29?/m1/s1.